The normalized spacial score (nSPS) is 11.8. The lowest BCUT2D eigenvalue weighted by Crippen LogP contribution is -2.34. The first-order valence-corrected chi connectivity index (χ1v) is 13.5. The van der Waals surface area contributed by atoms with Crippen LogP contribution in [0.25, 0.3) is 11.4 Å². The van der Waals surface area contributed by atoms with Crippen molar-refractivity contribution < 1.29 is 19.4 Å². The number of nitrogens with zero attached hydrogens (tertiary/aromatic N) is 4. The summed E-state index contributed by atoms with van der Waals surface area (Å²) < 4.78 is 6.57. The summed E-state index contributed by atoms with van der Waals surface area (Å²) in [6, 6.07) is 28.5. The Labute approximate surface area is 239 Å². The van der Waals surface area contributed by atoms with Crippen LogP contribution in [-0.2, 0) is 4.79 Å². The first-order chi connectivity index (χ1) is 20.0. The maximum Gasteiger partial charge on any atom is 0.270 e. The van der Waals surface area contributed by atoms with Gasteiger partial charge in [-0.2, -0.15) is 4.68 Å². The summed E-state index contributed by atoms with van der Waals surface area (Å²) in [6.07, 6.45) is 0. The molecule has 2 heterocycles. The molecule has 1 aliphatic heterocycles. The molecule has 0 fully saturated rings. The number of anilines is 3. The number of phenols is 1. The topological polar surface area (TPSA) is 122 Å². The van der Waals surface area contributed by atoms with E-state index in [4.69, 9.17) is 4.74 Å². The van der Waals surface area contributed by atoms with Crippen LogP contribution in [0.4, 0.5) is 17.3 Å². The SMILES string of the molecule is COc1ccc(C(=O)Nn2c(NCC(=O)N3c4ccccc4Sc4ccccc43)nnc2-c2ccc(O)cc2)cc1. The average Bonchev–Trinajstić information content (AvgIpc) is 3.40. The number of benzene rings is 4. The molecule has 10 nitrogen and oxygen atoms in total. The van der Waals surface area contributed by atoms with Gasteiger partial charge in [0.25, 0.3) is 11.8 Å². The molecule has 0 radical (unpaired) electrons. The Bertz CT molecular complexity index is 1690. The van der Waals surface area contributed by atoms with Gasteiger partial charge in [-0.3, -0.25) is 19.9 Å². The van der Waals surface area contributed by atoms with Gasteiger partial charge in [0.2, 0.25) is 5.95 Å². The standard InChI is InChI=1S/C30H24N6O4S/c1-40-22-16-12-20(13-17-22)29(39)34-36-28(19-10-14-21(37)15-11-19)32-33-30(36)31-18-27(38)35-23-6-2-4-8-25(23)41-26-9-5-3-7-24(26)35/h2-17,37H,18H2,1H3,(H,31,33)(H,34,39). The monoisotopic (exact) mass is 564 g/mol. The van der Waals surface area contributed by atoms with Gasteiger partial charge in [-0.1, -0.05) is 36.0 Å². The molecular weight excluding hydrogens is 540 g/mol. The second-order valence-electron chi connectivity index (χ2n) is 9.02. The fourth-order valence-corrected chi connectivity index (χ4v) is 5.48. The fourth-order valence-electron chi connectivity index (χ4n) is 4.42. The smallest absolute Gasteiger partial charge is 0.270 e. The molecule has 0 spiro atoms. The first-order valence-electron chi connectivity index (χ1n) is 12.6. The van der Waals surface area contributed by atoms with Crippen LogP contribution in [0.15, 0.2) is 107 Å². The molecule has 3 N–H and O–H groups in total. The van der Waals surface area contributed by atoms with Crippen LogP contribution in [0.5, 0.6) is 11.5 Å². The summed E-state index contributed by atoms with van der Waals surface area (Å²) in [7, 11) is 1.55. The summed E-state index contributed by atoms with van der Waals surface area (Å²) in [5, 5.41) is 21.3. The Morgan fingerprint density at radius 2 is 1.49 bits per heavy atom. The van der Waals surface area contributed by atoms with Crippen molar-refractivity contribution in [1.82, 2.24) is 14.9 Å². The number of aromatic hydroxyl groups is 1. The van der Waals surface area contributed by atoms with E-state index in [0.717, 1.165) is 21.2 Å². The number of amides is 2. The number of hydrogen-bond donors (Lipinski definition) is 3. The summed E-state index contributed by atoms with van der Waals surface area (Å²) in [5.74, 6) is 0.551. The van der Waals surface area contributed by atoms with Crippen LogP contribution >= 0.6 is 11.8 Å². The van der Waals surface area contributed by atoms with Crippen LogP contribution in [-0.4, -0.2) is 45.4 Å². The van der Waals surface area contributed by atoms with Crippen molar-refractivity contribution in [2.24, 2.45) is 0 Å². The van der Waals surface area contributed by atoms with Crippen LogP contribution in [0.1, 0.15) is 10.4 Å². The zero-order valence-corrected chi connectivity index (χ0v) is 22.6. The van der Waals surface area contributed by atoms with Crippen LogP contribution in [0, 0.1) is 0 Å². The van der Waals surface area contributed by atoms with E-state index in [1.54, 1.807) is 60.2 Å². The number of nitrogens with one attached hydrogen (secondary N) is 2. The van der Waals surface area contributed by atoms with Crippen molar-refractivity contribution in [2.75, 3.05) is 29.3 Å². The number of carbonyl (C=O) groups is 2. The van der Waals surface area contributed by atoms with E-state index in [1.807, 2.05) is 48.5 Å². The lowest BCUT2D eigenvalue weighted by atomic mass is 10.2. The summed E-state index contributed by atoms with van der Waals surface area (Å²) in [6.45, 7) is -0.126. The number of phenolic OH excluding ortho intramolecular Hbond substituents is 1. The average molecular weight is 565 g/mol. The van der Waals surface area contributed by atoms with Crippen molar-refractivity contribution in [2.45, 2.75) is 9.79 Å². The third-order valence-corrected chi connectivity index (χ3v) is 7.56. The van der Waals surface area contributed by atoms with Gasteiger partial charge in [-0.15, -0.1) is 10.2 Å². The van der Waals surface area contributed by atoms with Gasteiger partial charge in [0, 0.05) is 20.9 Å². The molecule has 1 aromatic heterocycles. The number of hydrogen-bond acceptors (Lipinski definition) is 8. The number of rotatable bonds is 7. The van der Waals surface area contributed by atoms with Crippen LogP contribution in [0.2, 0.25) is 0 Å². The molecule has 0 aliphatic carbocycles. The van der Waals surface area contributed by atoms with Gasteiger partial charge < -0.3 is 15.2 Å². The Hall–Kier alpha value is -5.29. The van der Waals surface area contributed by atoms with E-state index in [0.29, 0.717) is 22.7 Å². The highest BCUT2D eigenvalue weighted by Crippen LogP contribution is 2.47. The number of para-hydroxylation sites is 2. The van der Waals surface area contributed by atoms with Gasteiger partial charge >= 0.3 is 0 Å². The highest BCUT2D eigenvalue weighted by atomic mass is 32.2. The maximum absolute atomic E-state index is 13.7. The summed E-state index contributed by atoms with van der Waals surface area (Å²) >= 11 is 1.62. The molecule has 11 heteroatoms. The van der Waals surface area contributed by atoms with Crippen molar-refractivity contribution >= 4 is 40.9 Å². The van der Waals surface area contributed by atoms with Gasteiger partial charge in [0.05, 0.1) is 25.0 Å². The van der Waals surface area contributed by atoms with Crippen molar-refractivity contribution in [1.29, 1.82) is 0 Å². The zero-order valence-electron chi connectivity index (χ0n) is 21.8. The molecule has 0 atom stereocenters. The van der Waals surface area contributed by atoms with E-state index < -0.39 is 5.91 Å². The quantitative estimate of drug-likeness (QED) is 0.244. The second-order valence-corrected chi connectivity index (χ2v) is 10.1. The lowest BCUT2D eigenvalue weighted by molar-refractivity contribution is -0.116. The van der Waals surface area contributed by atoms with Crippen LogP contribution in [0.3, 0.4) is 0 Å². The minimum Gasteiger partial charge on any atom is -0.508 e. The minimum atomic E-state index is -0.419. The van der Waals surface area contributed by atoms with Gasteiger partial charge in [-0.25, -0.2) is 0 Å². The summed E-state index contributed by atoms with van der Waals surface area (Å²) in [5.41, 5.74) is 5.39. The molecule has 204 valence electrons. The molecule has 2 amide bonds. The number of aromatic nitrogens is 3. The molecule has 0 unspecified atom stereocenters. The third-order valence-electron chi connectivity index (χ3n) is 6.43. The zero-order chi connectivity index (χ0) is 28.3. The summed E-state index contributed by atoms with van der Waals surface area (Å²) in [4.78, 5) is 30.5. The Kier molecular flexibility index (Phi) is 7.00. The van der Waals surface area contributed by atoms with E-state index in [2.05, 4.69) is 20.9 Å². The molecule has 6 rings (SSSR count). The van der Waals surface area contributed by atoms with Crippen molar-refractivity contribution in [3.8, 4) is 22.9 Å². The number of fused-ring (bicyclic) bond motifs is 2. The number of ether oxygens (including phenoxy) is 1. The van der Waals surface area contributed by atoms with Gasteiger partial charge in [-0.05, 0) is 72.8 Å². The van der Waals surface area contributed by atoms with E-state index in [-0.39, 0.29) is 24.1 Å². The lowest BCUT2D eigenvalue weighted by Gasteiger charge is -2.31. The molecule has 0 bridgehead atoms. The largest absolute Gasteiger partial charge is 0.508 e. The van der Waals surface area contributed by atoms with Crippen LogP contribution < -0.4 is 20.4 Å². The van der Waals surface area contributed by atoms with E-state index in [1.165, 1.54) is 16.8 Å². The van der Waals surface area contributed by atoms with Gasteiger partial charge in [0.1, 0.15) is 11.5 Å². The van der Waals surface area contributed by atoms with E-state index >= 15 is 0 Å². The first kappa shape index (κ1) is 26.0. The number of methoxy groups -OCH3 is 1. The predicted octanol–water partition coefficient (Wildman–Crippen LogP) is 5.28. The fraction of sp³-hybridized carbons (Fsp3) is 0.0667. The highest BCUT2D eigenvalue weighted by Gasteiger charge is 2.28. The van der Waals surface area contributed by atoms with E-state index in [9.17, 15) is 14.7 Å². The molecule has 4 aromatic carbocycles. The van der Waals surface area contributed by atoms with Crippen molar-refractivity contribution in [3.05, 3.63) is 103 Å². The molecule has 1 aliphatic rings. The second kappa shape index (κ2) is 11.1. The van der Waals surface area contributed by atoms with Gasteiger partial charge in [0.15, 0.2) is 5.82 Å². The number of carbonyl (C=O) groups excluding carboxylic acids is 2. The molecular formula is C30H24N6O4S. The highest BCUT2D eigenvalue weighted by molar-refractivity contribution is 7.99. The molecule has 0 saturated heterocycles. The Morgan fingerprint density at radius 3 is 2.12 bits per heavy atom. The Balaban J connectivity index is 1.30. The van der Waals surface area contributed by atoms with Crippen molar-refractivity contribution in [3.63, 3.8) is 0 Å². The minimum absolute atomic E-state index is 0.0892. The third kappa shape index (κ3) is 5.18. The maximum atomic E-state index is 13.7. The molecule has 5 aromatic rings. The molecule has 0 saturated carbocycles. The molecule has 41 heavy (non-hydrogen) atoms. The predicted molar refractivity (Wildman–Crippen MR) is 156 cm³/mol. The Morgan fingerprint density at radius 1 is 0.854 bits per heavy atom.